The number of benzene rings is 1. The van der Waals surface area contributed by atoms with Gasteiger partial charge in [-0.2, -0.15) is 0 Å². The Labute approximate surface area is 201 Å². The van der Waals surface area contributed by atoms with Gasteiger partial charge < -0.3 is 33.7 Å². The third kappa shape index (κ3) is 7.48. The van der Waals surface area contributed by atoms with Gasteiger partial charge in [0.2, 0.25) is 0 Å². The van der Waals surface area contributed by atoms with Crippen LogP contribution in [0.2, 0.25) is 0 Å². The molecular formula is C25H37NO8. The van der Waals surface area contributed by atoms with Crippen molar-refractivity contribution in [2.24, 2.45) is 0 Å². The summed E-state index contributed by atoms with van der Waals surface area (Å²) in [6.07, 6.45) is -1.08. The average molecular weight is 480 g/mol. The predicted octanol–water partition coefficient (Wildman–Crippen LogP) is 2.70. The molecule has 0 unspecified atom stereocenters. The number of fused-ring (bicyclic) bond motifs is 1. The molecule has 34 heavy (non-hydrogen) atoms. The maximum atomic E-state index is 12.4. The van der Waals surface area contributed by atoms with E-state index in [1.54, 1.807) is 13.8 Å². The predicted molar refractivity (Wildman–Crippen MR) is 123 cm³/mol. The molecule has 0 radical (unpaired) electrons. The fraction of sp³-hybridized carbons (Fsp3) is 0.680. The largest absolute Gasteiger partial charge is 0.466 e. The molecule has 9 nitrogen and oxygen atoms in total. The van der Waals surface area contributed by atoms with E-state index >= 15 is 0 Å². The van der Waals surface area contributed by atoms with Crippen molar-refractivity contribution in [3.8, 4) is 0 Å². The summed E-state index contributed by atoms with van der Waals surface area (Å²) in [4.78, 5) is 24.0. The third-order valence-electron chi connectivity index (χ3n) is 5.67. The van der Waals surface area contributed by atoms with Gasteiger partial charge in [0.1, 0.15) is 18.3 Å². The second-order valence-corrected chi connectivity index (χ2v) is 8.81. The van der Waals surface area contributed by atoms with Crippen LogP contribution in [0.15, 0.2) is 30.3 Å². The van der Waals surface area contributed by atoms with Crippen LogP contribution in [-0.2, 0) is 44.6 Å². The van der Waals surface area contributed by atoms with Gasteiger partial charge in [0, 0.05) is 12.5 Å². The Morgan fingerprint density at radius 1 is 1.06 bits per heavy atom. The van der Waals surface area contributed by atoms with Crippen molar-refractivity contribution in [1.82, 2.24) is 5.32 Å². The van der Waals surface area contributed by atoms with Crippen molar-refractivity contribution in [1.29, 1.82) is 0 Å². The highest BCUT2D eigenvalue weighted by Gasteiger charge is 2.57. The number of rotatable bonds is 13. The first-order chi connectivity index (χ1) is 16.3. The first-order valence-electron chi connectivity index (χ1n) is 12.0. The number of hydrogen-bond acceptors (Lipinski definition) is 9. The van der Waals surface area contributed by atoms with Crippen LogP contribution < -0.4 is 5.32 Å². The van der Waals surface area contributed by atoms with E-state index in [4.69, 9.17) is 28.4 Å². The van der Waals surface area contributed by atoms with E-state index in [-0.39, 0.29) is 24.8 Å². The van der Waals surface area contributed by atoms with Gasteiger partial charge in [-0.1, -0.05) is 30.3 Å². The lowest BCUT2D eigenvalue weighted by molar-refractivity contribution is -0.223. The maximum absolute atomic E-state index is 12.4. The third-order valence-corrected chi connectivity index (χ3v) is 5.67. The van der Waals surface area contributed by atoms with Crippen LogP contribution in [0.3, 0.4) is 0 Å². The summed E-state index contributed by atoms with van der Waals surface area (Å²) in [5.74, 6) is -1.38. The molecule has 2 heterocycles. The summed E-state index contributed by atoms with van der Waals surface area (Å²) < 4.78 is 34.8. The molecule has 1 aromatic rings. The molecule has 2 fully saturated rings. The van der Waals surface area contributed by atoms with Gasteiger partial charge in [0.05, 0.1) is 26.2 Å². The fourth-order valence-electron chi connectivity index (χ4n) is 4.24. The molecule has 2 aliphatic rings. The molecular weight excluding hydrogens is 442 g/mol. The minimum Gasteiger partial charge on any atom is -0.466 e. The summed E-state index contributed by atoms with van der Waals surface area (Å²) >= 11 is 0. The van der Waals surface area contributed by atoms with E-state index in [2.05, 4.69) is 5.32 Å². The number of carbonyl (C=O) groups excluding carboxylic acids is 2. The molecule has 0 saturated carbocycles. The van der Waals surface area contributed by atoms with Crippen molar-refractivity contribution >= 4 is 11.9 Å². The molecule has 1 aromatic carbocycles. The fourth-order valence-corrected chi connectivity index (χ4v) is 4.24. The Hall–Kier alpha value is -2.04. The molecule has 1 N–H and O–H groups in total. The lowest BCUT2D eigenvalue weighted by atomic mass is 10.00. The van der Waals surface area contributed by atoms with Crippen LogP contribution in [-0.4, -0.2) is 68.1 Å². The second-order valence-electron chi connectivity index (χ2n) is 8.81. The quantitative estimate of drug-likeness (QED) is 0.338. The van der Waals surface area contributed by atoms with Crippen molar-refractivity contribution in [2.75, 3.05) is 19.8 Å². The SMILES string of the molecule is CCOC(=O)CCCN[C@@H](CC(=O)OCC)[C@H]1O[C@@H]2OC(C)(C)O[C@@H]2[C@H]1OCc1ccccc1. The summed E-state index contributed by atoms with van der Waals surface area (Å²) in [7, 11) is 0. The number of hydrogen-bond donors (Lipinski definition) is 1. The second kappa shape index (κ2) is 12.6. The molecule has 3 rings (SSSR count). The van der Waals surface area contributed by atoms with E-state index in [0.29, 0.717) is 32.8 Å². The number of ether oxygens (including phenoxy) is 6. The summed E-state index contributed by atoms with van der Waals surface area (Å²) in [5, 5.41) is 3.36. The standard InChI is InChI=1S/C25H37NO8/c1-5-29-19(27)13-10-14-26-18(15-20(28)30-6-2)21-22(31-16-17-11-8-7-9-12-17)23-24(32-21)34-25(3,4)33-23/h7-9,11-12,18,21-24,26H,5-6,10,13-16H2,1-4H3/t18-,21+,22-,23+,24+/m0/s1. The first-order valence-corrected chi connectivity index (χ1v) is 12.0. The van der Waals surface area contributed by atoms with Crippen molar-refractivity contribution in [2.45, 2.75) is 90.0 Å². The van der Waals surface area contributed by atoms with E-state index in [1.165, 1.54) is 0 Å². The highest BCUT2D eigenvalue weighted by atomic mass is 16.8. The highest BCUT2D eigenvalue weighted by molar-refractivity contribution is 5.70. The van der Waals surface area contributed by atoms with Gasteiger partial charge >= 0.3 is 11.9 Å². The van der Waals surface area contributed by atoms with Crippen LogP contribution in [0.1, 0.15) is 52.5 Å². The Bertz CT molecular complexity index is 786. The lowest BCUT2D eigenvalue weighted by Crippen LogP contribution is -2.50. The molecule has 0 bridgehead atoms. The van der Waals surface area contributed by atoms with Crippen LogP contribution in [0.25, 0.3) is 0 Å². The Kier molecular flexibility index (Phi) is 9.85. The van der Waals surface area contributed by atoms with Crippen LogP contribution in [0.5, 0.6) is 0 Å². The number of esters is 2. The molecule has 190 valence electrons. The number of nitrogens with one attached hydrogen (secondary N) is 1. The smallest absolute Gasteiger partial charge is 0.307 e. The highest BCUT2D eigenvalue weighted by Crippen LogP contribution is 2.40. The van der Waals surface area contributed by atoms with Crippen molar-refractivity contribution in [3.05, 3.63) is 35.9 Å². The van der Waals surface area contributed by atoms with Crippen molar-refractivity contribution < 1.29 is 38.0 Å². The van der Waals surface area contributed by atoms with Gasteiger partial charge in [-0.3, -0.25) is 9.59 Å². The average Bonchev–Trinajstić information content (AvgIpc) is 3.27. The summed E-state index contributed by atoms with van der Waals surface area (Å²) in [6, 6.07) is 9.42. The van der Waals surface area contributed by atoms with Gasteiger partial charge in [-0.05, 0) is 46.2 Å². The molecule has 2 saturated heterocycles. The van der Waals surface area contributed by atoms with Gasteiger partial charge in [-0.15, -0.1) is 0 Å². The van der Waals surface area contributed by atoms with Crippen LogP contribution >= 0.6 is 0 Å². The van der Waals surface area contributed by atoms with Gasteiger partial charge in [0.15, 0.2) is 12.1 Å². The van der Waals surface area contributed by atoms with Gasteiger partial charge in [0.25, 0.3) is 0 Å². The molecule has 0 amide bonds. The van der Waals surface area contributed by atoms with Crippen LogP contribution in [0, 0.1) is 0 Å². The normalized spacial score (nSPS) is 26.1. The zero-order valence-electron chi connectivity index (χ0n) is 20.5. The summed E-state index contributed by atoms with van der Waals surface area (Å²) in [5.41, 5.74) is 1.02. The minimum atomic E-state index is -0.793. The van der Waals surface area contributed by atoms with Crippen molar-refractivity contribution in [3.63, 3.8) is 0 Å². The van der Waals surface area contributed by atoms with E-state index in [1.807, 2.05) is 44.2 Å². The Morgan fingerprint density at radius 2 is 1.76 bits per heavy atom. The molecule has 0 aromatic heterocycles. The number of carbonyl (C=O) groups is 2. The van der Waals surface area contributed by atoms with Crippen LogP contribution in [0.4, 0.5) is 0 Å². The van der Waals surface area contributed by atoms with E-state index < -0.39 is 36.4 Å². The Morgan fingerprint density at radius 3 is 2.47 bits per heavy atom. The van der Waals surface area contributed by atoms with E-state index in [9.17, 15) is 9.59 Å². The molecule has 5 atom stereocenters. The van der Waals surface area contributed by atoms with Gasteiger partial charge in [-0.25, -0.2) is 0 Å². The molecule has 0 spiro atoms. The maximum Gasteiger partial charge on any atom is 0.307 e. The summed E-state index contributed by atoms with van der Waals surface area (Å²) in [6.45, 7) is 8.73. The Balaban J connectivity index is 1.70. The zero-order valence-corrected chi connectivity index (χ0v) is 20.5. The topological polar surface area (TPSA) is 102 Å². The minimum absolute atomic E-state index is 0.0892. The zero-order chi connectivity index (χ0) is 24.6. The van der Waals surface area contributed by atoms with E-state index in [0.717, 1.165) is 5.56 Å². The monoisotopic (exact) mass is 479 g/mol. The molecule has 9 heteroatoms. The molecule has 2 aliphatic heterocycles. The lowest BCUT2D eigenvalue weighted by Gasteiger charge is -2.31. The molecule has 0 aliphatic carbocycles. The first kappa shape index (κ1) is 26.6.